The SMILES string of the molecule is CC1CCCC(Nc2ccccc2Cl)CC1. The molecule has 1 aliphatic carbocycles. The maximum absolute atomic E-state index is 6.15. The first-order chi connectivity index (χ1) is 7.75. The van der Waals surface area contributed by atoms with Crippen molar-refractivity contribution in [2.24, 2.45) is 5.92 Å². The number of benzene rings is 1. The highest BCUT2D eigenvalue weighted by Gasteiger charge is 2.16. The van der Waals surface area contributed by atoms with E-state index < -0.39 is 0 Å². The van der Waals surface area contributed by atoms with Gasteiger partial charge in [-0.3, -0.25) is 0 Å². The standard InChI is InChI=1S/C14H20ClN/c1-11-5-4-6-12(10-9-11)16-14-8-3-2-7-13(14)15/h2-3,7-8,11-12,16H,4-6,9-10H2,1H3. The number of halogens is 1. The number of para-hydroxylation sites is 1. The van der Waals surface area contributed by atoms with Gasteiger partial charge in [-0.25, -0.2) is 0 Å². The van der Waals surface area contributed by atoms with E-state index in [-0.39, 0.29) is 0 Å². The molecule has 1 aromatic rings. The van der Waals surface area contributed by atoms with Crippen LogP contribution < -0.4 is 5.32 Å². The third-order valence-electron chi connectivity index (χ3n) is 3.49. The Morgan fingerprint density at radius 1 is 1.12 bits per heavy atom. The van der Waals surface area contributed by atoms with Gasteiger partial charge in [-0.2, -0.15) is 0 Å². The summed E-state index contributed by atoms with van der Waals surface area (Å²) in [5, 5.41) is 4.41. The monoisotopic (exact) mass is 237 g/mol. The Morgan fingerprint density at radius 2 is 1.94 bits per heavy atom. The Morgan fingerprint density at radius 3 is 2.75 bits per heavy atom. The number of anilines is 1. The lowest BCUT2D eigenvalue weighted by Crippen LogP contribution is -2.18. The number of nitrogens with one attached hydrogen (secondary N) is 1. The van der Waals surface area contributed by atoms with Crippen molar-refractivity contribution in [2.75, 3.05) is 5.32 Å². The largest absolute Gasteiger partial charge is 0.381 e. The summed E-state index contributed by atoms with van der Waals surface area (Å²) < 4.78 is 0. The molecular weight excluding hydrogens is 218 g/mol. The lowest BCUT2D eigenvalue weighted by Gasteiger charge is -2.18. The predicted octanol–water partition coefficient (Wildman–Crippen LogP) is 4.72. The van der Waals surface area contributed by atoms with E-state index in [4.69, 9.17) is 11.6 Å². The molecule has 0 aliphatic heterocycles. The van der Waals surface area contributed by atoms with E-state index in [1.807, 2.05) is 18.2 Å². The normalized spacial score (nSPS) is 26.1. The first-order valence-corrected chi connectivity index (χ1v) is 6.64. The second-order valence-corrected chi connectivity index (χ2v) is 5.34. The molecule has 1 nitrogen and oxygen atoms in total. The van der Waals surface area contributed by atoms with Gasteiger partial charge in [0.2, 0.25) is 0 Å². The Hall–Kier alpha value is -0.690. The average molecular weight is 238 g/mol. The van der Waals surface area contributed by atoms with Gasteiger partial charge in [0.25, 0.3) is 0 Å². The van der Waals surface area contributed by atoms with Crippen LogP contribution in [0.2, 0.25) is 5.02 Å². The Kier molecular flexibility index (Phi) is 4.11. The van der Waals surface area contributed by atoms with E-state index in [1.54, 1.807) is 0 Å². The van der Waals surface area contributed by atoms with Gasteiger partial charge in [0, 0.05) is 6.04 Å². The van der Waals surface area contributed by atoms with Crippen LogP contribution in [0.5, 0.6) is 0 Å². The van der Waals surface area contributed by atoms with E-state index in [0.717, 1.165) is 16.6 Å². The molecule has 1 N–H and O–H groups in total. The van der Waals surface area contributed by atoms with Gasteiger partial charge in [0.1, 0.15) is 0 Å². The minimum atomic E-state index is 0.602. The first kappa shape index (κ1) is 11.8. The fourth-order valence-electron chi connectivity index (χ4n) is 2.43. The molecular formula is C14H20ClN. The van der Waals surface area contributed by atoms with Crippen LogP contribution in [-0.4, -0.2) is 6.04 Å². The summed E-state index contributed by atoms with van der Waals surface area (Å²) in [7, 11) is 0. The molecule has 2 rings (SSSR count). The van der Waals surface area contributed by atoms with Crippen molar-refractivity contribution < 1.29 is 0 Å². The van der Waals surface area contributed by atoms with Crippen LogP contribution >= 0.6 is 11.6 Å². The minimum absolute atomic E-state index is 0.602. The van der Waals surface area contributed by atoms with Crippen LogP contribution in [0, 0.1) is 5.92 Å². The average Bonchev–Trinajstić information content (AvgIpc) is 2.47. The second kappa shape index (κ2) is 5.58. The minimum Gasteiger partial charge on any atom is -0.381 e. The lowest BCUT2D eigenvalue weighted by molar-refractivity contribution is 0.502. The summed E-state index contributed by atoms with van der Waals surface area (Å²) in [6.07, 6.45) is 6.59. The van der Waals surface area contributed by atoms with Gasteiger partial charge in [-0.05, 0) is 37.3 Å². The van der Waals surface area contributed by atoms with Gasteiger partial charge in [0.15, 0.2) is 0 Å². The molecule has 0 spiro atoms. The number of hydrogen-bond acceptors (Lipinski definition) is 1. The lowest BCUT2D eigenvalue weighted by atomic mass is 10.0. The zero-order valence-electron chi connectivity index (χ0n) is 9.88. The molecule has 2 atom stereocenters. The van der Waals surface area contributed by atoms with Gasteiger partial charge in [-0.1, -0.05) is 43.5 Å². The predicted molar refractivity (Wildman–Crippen MR) is 71.1 cm³/mol. The van der Waals surface area contributed by atoms with Crippen LogP contribution in [0.3, 0.4) is 0 Å². The zero-order chi connectivity index (χ0) is 11.4. The van der Waals surface area contributed by atoms with Crippen LogP contribution in [0.1, 0.15) is 39.0 Å². The Labute approximate surface area is 103 Å². The number of rotatable bonds is 2. The van der Waals surface area contributed by atoms with Crippen molar-refractivity contribution in [1.29, 1.82) is 0 Å². The highest BCUT2D eigenvalue weighted by Crippen LogP contribution is 2.27. The molecule has 0 aromatic heterocycles. The summed E-state index contributed by atoms with van der Waals surface area (Å²) in [6, 6.07) is 8.63. The Bertz CT molecular complexity index is 337. The fourth-order valence-corrected chi connectivity index (χ4v) is 2.62. The highest BCUT2D eigenvalue weighted by molar-refractivity contribution is 6.33. The van der Waals surface area contributed by atoms with E-state index >= 15 is 0 Å². The smallest absolute Gasteiger partial charge is 0.0637 e. The van der Waals surface area contributed by atoms with Crippen molar-refractivity contribution in [3.8, 4) is 0 Å². The third kappa shape index (κ3) is 3.15. The molecule has 0 bridgehead atoms. The summed E-state index contributed by atoms with van der Waals surface area (Å²) in [5.41, 5.74) is 1.09. The summed E-state index contributed by atoms with van der Waals surface area (Å²) >= 11 is 6.15. The molecule has 1 fully saturated rings. The van der Waals surface area contributed by atoms with Crippen LogP contribution in [-0.2, 0) is 0 Å². The molecule has 1 aromatic carbocycles. The number of hydrogen-bond donors (Lipinski definition) is 1. The molecule has 2 heteroatoms. The third-order valence-corrected chi connectivity index (χ3v) is 3.82. The summed E-state index contributed by atoms with van der Waals surface area (Å²) in [6.45, 7) is 2.36. The summed E-state index contributed by atoms with van der Waals surface area (Å²) in [4.78, 5) is 0. The maximum atomic E-state index is 6.15. The molecule has 88 valence electrons. The van der Waals surface area contributed by atoms with Crippen LogP contribution in [0.25, 0.3) is 0 Å². The highest BCUT2D eigenvalue weighted by atomic mass is 35.5. The van der Waals surface area contributed by atoms with Crippen molar-refractivity contribution >= 4 is 17.3 Å². The fraction of sp³-hybridized carbons (Fsp3) is 0.571. The molecule has 0 saturated heterocycles. The van der Waals surface area contributed by atoms with Gasteiger partial charge in [-0.15, -0.1) is 0 Å². The van der Waals surface area contributed by atoms with Gasteiger partial charge < -0.3 is 5.32 Å². The van der Waals surface area contributed by atoms with E-state index in [1.165, 1.54) is 32.1 Å². The Balaban J connectivity index is 1.96. The van der Waals surface area contributed by atoms with Crippen LogP contribution in [0.15, 0.2) is 24.3 Å². The van der Waals surface area contributed by atoms with Crippen molar-refractivity contribution in [3.63, 3.8) is 0 Å². The van der Waals surface area contributed by atoms with E-state index in [2.05, 4.69) is 18.3 Å². The molecule has 0 amide bonds. The van der Waals surface area contributed by atoms with Crippen molar-refractivity contribution in [3.05, 3.63) is 29.3 Å². The molecule has 0 heterocycles. The van der Waals surface area contributed by atoms with Crippen molar-refractivity contribution in [2.45, 2.75) is 45.1 Å². The molecule has 16 heavy (non-hydrogen) atoms. The molecule has 0 radical (unpaired) electrons. The second-order valence-electron chi connectivity index (χ2n) is 4.93. The first-order valence-electron chi connectivity index (χ1n) is 6.27. The quantitative estimate of drug-likeness (QED) is 0.734. The van der Waals surface area contributed by atoms with Gasteiger partial charge in [0.05, 0.1) is 10.7 Å². The van der Waals surface area contributed by atoms with Crippen LogP contribution in [0.4, 0.5) is 5.69 Å². The van der Waals surface area contributed by atoms with E-state index in [0.29, 0.717) is 6.04 Å². The summed E-state index contributed by atoms with van der Waals surface area (Å²) in [5.74, 6) is 0.887. The molecule has 1 aliphatic rings. The van der Waals surface area contributed by atoms with Gasteiger partial charge >= 0.3 is 0 Å². The molecule has 2 unspecified atom stereocenters. The van der Waals surface area contributed by atoms with Crippen molar-refractivity contribution in [1.82, 2.24) is 0 Å². The maximum Gasteiger partial charge on any atom is 0.0637 e. The topological polar surface area (TPSA) is 12.0 Å². The molecule has 1 saturated carbocycles. The van der Waals surface area contributed by atoms with E-state index in [9.17, 15) is 0 Å². The zero-order valence-corrected chi connectivity index (χ0v) is 10.6.